The van der Waals surface area contributed by atoms with Gasteiger partial charge < -0.3 is 0 Å². The summed E-state index contributed by atoms with van der Waals surface area (Å²) in [5.41, 5.74) is 0. The Hall–Kier alpha value is 0.830. The Morgan fingerprint density at radius 1 is 1.45 bits per heavy atom. The van der Waals surface area contributed by atoms with Gasteiger partial charge in [-0.15, -0.1) is 0 Å². The first kappa shape index (κ1) is 11.8. The molecule has 0 aromatic carbocycles. The highest BCUT2D eigenvalue weighted by molar-refractivity contribution is 9.09. The molecule has 0 aliphatic heterocycles. The highest BCUT2D eigenvalue weighted by Gasteiger charge is 2.10. The minimum absolute atomic E-state index is 0.689. The van der Waals surface area contributed by atoms with E-state index in [0.29, 0.717) is 4.83 Å². The third-order valence-electron chi connectivity index (χ3n) is 2.10. The maximum Gasteiger partial charge on any atom is 0.0145 e. The molecule has 11 heavy (non-hydrogen) atoms. The number of hydrogen-bond acceptors (Lipinski definition) is 1. The highest BCUT2D eigenvalue weighted by Crippen LogP contribution is 2.21. The molecule has 0 aromatic rings. The van der Waals surface area contributed by atoms with E-state index in [9.17, 15) is 0 Å². The molecule has 0 N–H and O–H groups in total. The van der Waals surface area contributed by atoms with Crippen molar-refractivity contribution in [2.45, 2.75) is 37.9 Å². The Bertz CT molecular complexity index is 83.6. The summed E-state index contributed by atoms with van der Waals surface area (Å²) in [5.74, 6) is 2.19. The molecule has 0 nitrogen and oxygen atoms in total. The van der Waals surface area contributed by atoms with E-state index in [1.165, 1.54) is 25.0 Å². The Balaban J connectivity index is 3.36. The van der Waals surface area contributed by atoms with Crippen molar-refractivity contribution >= 4 is 27.7 Å². The Labute approximate surface area is 83.6 Å². The summed E-state index contributed by atoms with van der Waals surface area (Å²) in [7, 11) is 0. The smallest absolute Gasteiger partial charge is 0.0145 e. The summed E-state index contributed by atoms with van der Waals surface area (Å²) < 4.78 is 0. The van der Waals surface area contributed by atoms with Gasteiger partial charge in [0, 0.05) is 4.83 Å². The first-order valence-electron chi connectivity index (χ1n) is 4.35. The molecule has 0 fully saturated rings. The Kier molecular flexibility index (Phi) is 8.04. The van der Waals surface area contributed by atoms with Gasteiger partial charge in [-0.25, -0.2) is 0 Å². The standard InChI is InChI=1S/C9H19BrS/c1-4-9(8(2)10)6-5-7-11-3/h8-9H,4-7H2,1-3H3. The van der Waals surface area contributed by atoms with Gasteiger partial charge in [-0.3, -0.25) is 0 Å². The molecule has 0 aliphatic carbocycles. The SMILES string of the molecule is CCC(CCCSC)C(C)Br. The lowest BCUT2D eigenvalue weighted by atomic mass is 9.98. The van der Waals surface area contributed by atoms with Crippen LogP contribution >= 0.6 is 27.7 Å². The molecule has 0 radical (unpaired) electrons. The van der Waals surface area contributed by atoms with E-state index in [2.05, 4.69) is 36.0 Å². The molecule has 0 aromatic heterocycles. The third-order valence-corrected chi connectivity index (χ3v) is 3.54. The van der Waals surface area contributed by atoms with E-state index in [1.807, 2.05) is 11.8 Å². The molecular formula is C9H19BrS. The van der Waals surface area contributed by atoms with Crippen LogP contribution in [0.1, 0.15) is 33.1 Å². The third kappa shape index (κ3) is 6.03. The fraction of sp³-hybridized carbons (Fsp3) is 1.00. The molecule has 2 atom stereocenters. The normalized spacial score (nSPS) is 16.4. The van der Waals surface area contributed by atoms with Gasteiger partial charge in [0.15, 0.2) is 0 Å². The van der Waals surface area contributed by atoms with Crippen LogP contribution in [-0.4, -0.2) is 16.8 Å². The van der Waals surface area contributed by atoms with Crippen LogP contribution in [0.4, 0.5) is 0 Å². The van der Waals surface area contributed by atoms with E-state index in [0.717, 1.165) is 5.92 Å². The van der Waals surface area contributed by atoms with Crippen LogP contribution in [0.3, 0.4) is 0 Å². The molecule has 0 bridgehead atoms. The van der Waals surface area contributed by atoms with Crippen molar-refractivity contribution in [2.75, 3.05) is 12.0 Å². The van der Waals surface area contributed by atoms with Crippen LogP contribution in [0, 0.1) is 5.92 Å². The van der Waals surface area contributed by atoms with Crippen molar-refractivity contribution in [2.24, 2.45) is 5.92 Å². The van der Waals surface area contributed by atoms with Crippen molar-refractivity contribution < 1.29 is 0 Å². The quantitative estimate of drug-likeness (QED) is 0.499. The summed E-state index contributed by atoms with van der Waals surface area (Å²) in [6.45, 7) is 4.54. The molecule has 68 valence electrons. The molecular weight excluding hydrogens is 220 g/mol. The van der Waals surface area contributed by atoms with E-state index in [-0.39, 0.29) is 0 Å². The summed E-state index contributed by atoms with van der Waals surface area (Å²) >= 11 is 5.60. The van der Waals surface area contributed by atoms with Crippen LogP contribution in [0.5, 0.6) is 0 Å². The van der Waals surface area contributed by atoms with Gasteiger partial charge in [0.1, 0.15) is 0 Å². The molecule has 0 rings (SSSR count). The Morgan fingerprint density at radius 3 is 2.45 bits per heavy atom. The van der Waals surface area contributed by atoms with Gasteiger partial charge in [-0.1, -0.05) is 36.2 Å². The minimum atomic E-state index is 0.689. The average molecular weight is 239 g/mol. The lowest BCUT2D eigenvalue weighted by Gasteiger charge is -2.16. The van der Waals surface area contributed by atoms with Crippen LogP contribution in [0.25, 0.3) is 0 Å². The van der Waals surface area contributed by atoms with Crippen molar-refractivity contribution in [1.82, 2.24) is 0 Å². The number of thioether (sulfide) groups is 1. The summed E-state index contributed by atoms with van der Waals surface area (Å²) in [4.78, 5) is 0.689. The summed E-state index contributed by atoms with van der Waals surface area (Å²) in [6.07, 6.45) is 6.23. The Morgan fingerprint density at radius 2 is 2.09 bits per heavy atom. The zero-order chi connectivity index (χ0) is 8.69. The van der Waals surface area contributed by atoms with Crippen molar-refractivity contribution in [3.8, 4) is 0 Å². The van der Waals surface area contributed by atoms with E-state index in [1.54, 1.807) is 0 Å². The van der Waals surface area contributed by atoms with Crippen molar-refractivity contribution in [3.63, 3.8) is 0 Å². The number of rotatable bonds is 6. The monoisotopic (exact) mass is 238 g/mol. The largest absolute Gasteiger partial charge is 0.165 e. The van der Waals surface area contributed by atoms with Crippen molar-refractivity contribution in [1.29, 1.82) is 0 Å². The number of alkyl halides is 1. The molecule has 2 heteroatoms. The second-order valence-electron chi connectivity index (χ2n) is 2.98. The lowest BCUT2D eigenvalue weighted by Crippen LogP contribution is -2.09. The van der Waals surface area contributed by atoms with E-state index < -0.39 is 0 Å². The fourth-order valence-electron chi connectivity index (χ4n) is 1.25. The van der Waals surface area contributed by atoms with Gasteiger partial charge in [0.2, 0.25) is 0 Å². The van der Waals surface area contributed by atoms with Crippen LogP contribution in [0.15, 0.2) is 0 Å². The van der Waals surface area contributed by atoms with Crippen molar-refractivity contribution in [3.05, 3.63) is 0 Å². The second-order valence-corrected chi connectivity index (χ2v) is 5.41. The van der Waals surface area contributed by atoms with Crippen LogP contribution in [-0.2, 0) is 0 Å². The number of hydrogen-bond donors (Lipinski definition) is 0. The summed E-state index contributed by atoms with van der Waals surface area (Å²) in [6, 6.07) is 0. The summed E-state index contributed by atoms with van der Waals surface area (Å²) in [5, 5.41) is 0. The zero-order valence-electron chi connectivity index (χ0n) is 7.77. The predicted molar refractivity (Wildman–Crippen MR) is 59.8 cm³/mol. The topological polar surface area (TPSA) is 0 Å². The van der Waals surface area contributed by atoms with Crippen LogP contribution < -0.4 is 0 Å². The van der Waals surface area contributed by atoms with Gasteiger partial charge >= 0.3 is 0 Å². The molecule has 0 heterocycles. The minimum Gasteiger partial charge on any atom is -0.165 e. The lowest BCUT2D eigenvalue weighted by molar-refractivity contribution is 0.468. The van der Waals surface area contributed by atoms with Gasteiger partial charge in [0.05, 0.1) is 0 Å². The molecule has 0 aliphatic rings. The fourth-order valence-corrected chi connectivity index (χ4v) is 2.34. The molecule has 0 spiro atoms. The zero-order valence-corrected chi connectivity index (χ0v) is 10.2. The van der Waals surface area contributed by atoms with E-state index in [4.69, 9.17) is 0 Å². The van der Waals surface area contributed by atoms with E-state index >= 15 is 0 Å². The predicted octanol–water partition coefficient (Wildman–Crippen LogP) is 3.94. The van der Waals surface area contributed by atoms with Gasteiger partial charge in [-0.05, 0) is 30.8 Å². The first-order valence-corrected chi connectivity index (χ1v) is 6.66. The molecule has 0 saturated heterocycles. The van der Waals surface area contributed by atoms with Gasteiger partial charge in [0.25, 0.3) is 0 Å². The maximum absolute atomic E-state index is 3.65. The second kappa shape index (κ2) is 7.48. The maximum atomic E-state index is 3.65. The molecule has 0 saturated carbocycles. The molecule has 2 unspecified atom stereocenters. The van der Waals surface area contributed by atoms with Crippen LogP contribution in [0.2, 0.25) is 0 Å². The molecule has 0 amide bonds. The first-order chi connectivity index (χ1) is 5.22. The highest BCUT2D eigenvalue weighted by atomic mass is 79.9. The number of halogens is 1. The van der Waals surface area contributed by atoms with Gasteiger partial charge in [-0.2, -0.15) is 11.8 Å². The average Bonchev–Trinajstić information content (AvgIpc) is 1.97.